The lowest BCUT2D eigenvalue weighted by molar-refractivity contribution is 0.473. The van der Waals surface area contributed by atoms with Crippen molar-refractivity contribution in [2.24, 2.45) is 5.92 Å². The normalized spacial score (nSPS) is 25.7. The van der Waals surface area contributed by atoms with E-state index in [-0.39, 0.29) is 0 Å². The molecule has 1 saturated heterocycles. The van der Waals surface area contributed by atoms with Gasteiger partial charge in [-0.05, 0) is 30.5 Å². The van der Waals surface area contributed by atoms with E-state index in [1.54, 1.807) is 0 Å². The molecule has 1 heterocycles. The Bertz CT molecular complexity index is 324. The van der Waals surface area contributed by atoms with Crippen molar-refractivity contribution in [2.45, 2.75) is 25.7 Å². The monoisotopic (exact) mass is 267 g/mol. The first-order valence-corrected chi connectivity index (χ1v) is 6.57. The van der Waals surface area contributed by atoms with Crippen molar-refractivity contribution in [3.05, 3.63) is 34.3 Å². The van der Waals surface area contributed by atoms with Crippen molar-refractivity contribution in [2.75, 3.05) is 13.1 Å². The van der Waals surface area contributed by atoms with Gasteiger partial charge in [0.1, 0.15) is 0 Å². The van der Waals surface area contributed by atoms with Crippen molar-refractivity contribution >= 4 is 15.9 Å². The molecular formula is C13H18BrN. The molecule has 0 spiro atoms. The van der Waals surface area contributed by atoms with E-state index in [1.165, 1.54) is 29.4 Å². The number of hydrogen-bond donors (Lipinski definition) is 1. The summed E-state index contributed by atoms with van der Waals surface area (Å²) >= 11 is 3.66. The highest BCUT2D eigenvalue weighted by atomic mass is 79.9. The van der Waals surface area contributed by atoms with Crippen LogP contribution in [-0.4, -0.2) is 13.1 Å². The third-order valence-electron chi connectivity index (χ3n) is 3.30. The summed E-state index contributed by atoms with van der Waals surface area (Å²) in [6.07, 6.45) is 2.62. The highest BCUT2D eigenvalue weighted by Gasteiger charge is 2.28. The Labute approximate surface area is 100 Å². The average Bonchev–Trinajstić information content (AvgIpc) is 2.67. The maximum atomic E-state index is 3.66. The summed E-state index contributed by atoms with van der Waals surface area (Å²) in [5.74, 6) is 1.51. The standard InChI is InChI=1S/C13H18BrN/c1-2-5-10-8-15-9-12(10)11-6-3-4-7-13(11)14/h3-4,6-7,10,12,15H,2,5,8-9H2,1H3/t10-,12-/m1/s1. The Balaban J connectivity index is 2.19. The van der Waals surface area contributed by atoms with Gasteiger partial charge in [-0.3, -0.25) is 0 Å². The molecule has 1 N–H and O–H groups in total. The van der Waals surface area contributed by atoms with Crippen LogP contribution >= 0.6 is 15.9 Å². The van der Waals surface area contributed by atoms with E-state index in [4.69, 9.17) is 0 Å². The summed E-state index contributed by atoms with van der Waals surface area (Å²) in [6.45, 7) is 4.59. The quantitative estimate of drug-likeness (QED) is 0.884. The molecule has 2 rings (SSSR count). The minimum Gasteiger partial charge on any atom is -0.316 e. The van der Waals surface area contributed by atoms with Crippen LogP contribution in [0.4, 0.5) is 0 Å². The van der Waals surface area contributed by atoms with Gasteiger partial charge in [-0.1, -0.05) is 47.5 Å². The van der Waals surface area contributed by atoms with Crippen molar-refractivity contribution < 1.29 is 0 Å². The van der Waals surface area contributed by atoms with Crippen LogP contribution in [0.25, 0.3) is 0 Å². The molecule has 0 unspecified atom stereocenters. The summed E-state index contributed by atoms with van der Waals surface area (Å²) in [6, 6.07) is 8.63. The van der Waals surface area contributed by atoms with E-state index in [0.29, 0.717) is 5.92 Å². The fourth-order valence-electron chi connectivity index (χ4n) is 2.55. The first-order chi connectivity index (χ1) is 7.33. The second kappa shape index (κ2) is 5.13. The van der Waals surface area contributed by atoms with Crippen LogP contribution in [0.3, 0.4) is 0 Å². The van der Waals surface area contributed by atoms with Gasteiger partial charge in [0.15, 0.2) is 0 Å². The third kappa shape index (κ3) is 2.43. The first-order valence-electron chi connectivity index (χ1n) is 5.78. The summed E-state index contributed by atoms with van der Waals surface area (Å²) in [5, 5.41) is 3.51. The molecule has 2 atom stereocenters. The van der Waals surface area contributed by atoms with Crippen molar-refractivity contribution in [3.63, 3.8) is 0 Å². The molecule has 0 aliphatic carbocycles. The van der Waals surface area contributed by atoms with Gasteiger partial charge in [-0.15, -0.1) is 0 Å². The van der Waals surface area contributed by atoms with Gasteiger partial charge >= 0.3 is 0 Å². The Morgan fingerprint density at radius 3 is 2.87 bits per heavy atom. The number of hydrogen-bond acceptors (Lipinski definition) is 1. The topological polar surface area (TPSA) is 12.0 Å². The zero-order valence-corrected chi connectivity index (χ0v) is 10.8. The molecule has 0 amide bonds. The molecule has 1 aliphatic heterocycles. The maximum Gasteiger partial charge on any atom is 0.0210 e. The van der Waals surface area contributed by atoms with E-state index in [2.05, 4.69) is 52.4 Å². The average molecular weight is 268 g/mol. The largest absolute Gasteiger partial charge is 0.316 e. The van der Waals surface area contributed by atoms with Crippen molar-refractivity contribution in [3.8, 4) is 0 Å². The van der Waals surface area contributed by atoms with Crippen LogP contribution in [0.1, 0.15) is 31.2 Å². The van der Waals surface area contributed by atoms with Gasteiger partial charge in [-0.2, -0.15) is 0 Å². The molecule has 82 valence electrons. The van der Waals surface area contributed by atoms with Crippen LogP contribution in [0.15, 0.2) is 28.7 Å². The zero-order valence-electron chi connectivity index (χ0n) is 9.17. The Kier molecular flexibility index (Phi) is 3.81. The molecule has 1 aromatic carbocycles. The third-order valence-corrected chi connectivity index (χ3v) is 4.03. The fraction of sp³-hybridized carbons (Fsp3) is 0.538. The van der Waals surface area contributed by atoms with Crippen molar-refractivity contribution in [1.29, 1.82) is 0 Å². The van der Waals surface area contributed by atoms with Gasteiger partial charge in [0, 0.05) is 16.9 Å². The Morgan fingerprint density at radius 1 is 1.33 bits per heavy atom. The minimum atomic E-state index is 0.695. The SMILES string of the molecule is CCC[C@@H]1CNC[C@H]1c1ccccc1Br. The van der Waals surface area contributed by atoms with E-state index in [0.717, 1.165) is 12.5 Å². The van der Waals surface area contributed by atoms with Crippen LogP contribution < -0.4 is 5.32 Å². The lowest BCUT2D eigenvalue weighted by Gasteiger charge is -2.19. The molecule has 1 aliphatic rings. The predicted molar refractivity (Wildman–Crippen MR) is 68.2 cm³/mol. The van der Waals surface area contributed by atoms with Crippen LogP contribution in [-0.2, 0) is 0 Å². The summed E-state index contributed by atoms with van der Waals surface area (Å²) in [7, 11) is 0. The van der Waals surface area contributed by atoms with E-state index in [1.807, 2.05) is 0 Å². The zero-order chi connectivity index (χ0) is 10.7. The van der Waals surface area contributed by atoms with E-state index < -0.39 is 0 Å². The van der Waals surface area contributed by atoms with Gasteiger partial charge in [0.25, 0.3) is 0 Å². The Hall–Kier alpha value is -0.340. The number of benzene rings is 1. The number of halogens is 1. The number of rotatable bonds is 3. The van der Waals surface area contributed by atoms with Crippen LogP contribution in [0.5, 0.6) is 0 Å². The molecule has 15 heavy (non-hydrogen) atoms. The molecule has 0 bridgehead atoms. The first kappa shape index (κ1) is 11.2. The van der Waals surface area contributed by atoms with Gasteiger partial charge < -0.3 is 5.32 Å². The number of nitrogens with one attached hydrogen (secondary N) is 1. The fourth-order valence-corrected chi connectivity index (χ4v) is 3.13. The maximum absolute atomic E-state index is 3.66. The molecule has 2 heteroatoms. The molecule has 0 saturated carbocycles. The highest BCUT2D eigenvalue weighted by molar-refractivity contribution is 9.10. The van der Waals surface area contributed by atoms with Gasteiger partial charge in [0.2, 0.25) is 0 Å². The van der Waals surface area contributed by atoms with Crippen molar-refractivity contribution in [1.82, 2.24) is 5.32 Å². The van der Waals surface area contributed by atoms with Gasteiger partial charge in [0.05, 0.1) is 0 Å². The second-order valence-electron chi connectivity index (χ2n) is 4.34. The molecule has 1 aromatic rings. The Morgan fingerprint density at radius 2 is 2.13 bits per heavy atom. The van der Waals surface area contributed by atoms with E-state index in [9.17, 15) is 0 Å². The van der Waals surface area contributed by atoms with Crippen LogP contribution in [0, 0.1) is 5.92 Å². The molecule has 0 radical (unpaired) electrons. The van der Waals surface area contributed by atoms with Gasteiger partial charge in [-0.25, -0.2) is 0 Å². The summed E-state index contributed by atoms with van der Waals surface area (Å²) < 4.78 is 1.26. The minimum absolute atomic E-state index is 0.695. The van der Waals surface area contributed by atoms with Crippen LogP contribution in [0.2, 0.25) is 0 Å². The predicted octanol–water partition coefficient (Wildman–Crippen LogP) is 3.55. The summed E-state index contributed by atoms with van der Waals surface area (Å²) in [4.78, 5) is 0. The van der Waals surface area contributed by atoms with E-state index >= 15 is 0 Å². The molecular weight excluding hydrogens is 250 g/mol. The lowest BCUT2D eigenvalue weighted by atomic mass is 9.86. The smallest absolute Gasteiger partial charge is 0.0210 e. The summed E-state index contributed by atoms with van der Waals surface area (Å²) in [5.41, 5.74) is 1.47. The molecule has 1 nitrogen and oxygen atoms in total. The molecule has 0 aromatic heterocycles. The second-order valence-corrected chi connectivity index (χ2v) is 5.19. The lowest BCUT2D eigenvalue weighted by Crippen LogP contribution is -2.10. The molecule has 1 fully saturated rings. The highest BCUT2D eigenvalue weighted by Crippen LogP contribution is 2.34.